The number of ether oxygens (including phenoxy) is 1. The molecule has 0 saturated heterocycles. The van der Waals surface area contributed by atoms with Crippen LogP contribution in [0.4, 0.5) is 5.13 Å². The Hall–Kier alpha value is -1.95. The van der Waals surface area contributed by atoms with Gasteiger partial charge in [0.15, 0.2) is 0 Å². The predicted octanol–water partition coefficient (Wildman–Crippen LogP) is 3.53. The van der Waals surface area contributed by atoms with Crippen LogP contribution in [0.15, 0.2) is 24.3 Å². The van der Waals surface area contributed by atoms with Gasteiger partial charge < -0.3 is 4.74 Å². The Morgan fingerprint density at radius 1 is 1.38 bits per heavy atom. The van der Waals surface area contributed by atoms with Crippen LogP contribution in [0.1, 0.15) is 42.6 Å². The summed E-state index contributed by atoms with van der Waals surface area (Å²) >= 11 is 1.39. The molecule has 1 atom stereocenters. The summed E-state index contributed by atoms with van der Waals surface area (Å²) in [5, 5.41) is 12.1. The number of carbonyl (C=O) groups excluding carboxylic acids is 1. The van der Waals surface area contributed by atoms with Gasteiger partial charge in [0.2, 0.25) is 5.13 Å². The van der Waals surface area contributed by atoms with Crippen molar-refractivity contribution >= 4 is 22.4 Å². The van der Waals surface area contributed by atoms with E-state index in [1.807, 2.05) is 26.0 Å². The number of benzene rings is 1. The summed E-state index contributed by atoms with van der Waals surface area (Å²) in [6.45, 7) is 6.06. The van der Waals surface area contributed by atoms with E-state index in [2.05, 4.69) is 22.4 Å². The molecule has 0 radical (unpaired) electrons. The molecule has 1 aromatic heterocycles. The minimum absolute atomic E-state index is 0.124. The molecule has 0 spiro atoms. The highest BCUT2D eigenvalue weighted by molar-refractivity contribution is 7.15. The number of anilines is 1. The highest BCUT2D eigenvalue weighted by Gasteiger charge is 2.11. The quantitative estimate of drug-likeness (QED) is 0.886. The lowest BCUT2D eigenvalue weighted by molar-refractivity contribution is 0.102. The highest BCUT2D eigenvalue weighted by Crippen LogP contribution is 2.19. The molecule has 112 valence electrons. The molecule has 6 heteroatoms. The summed E-state index contributed by atoms with van der Waals surface area (Å²) in [5.74, 6) is 0.493. The van der Waals surface area contributed by atoms with Crippen molar-refractivity contribution in [1.29, 1.82) is 0 Å². The van der Waals surface area contributed by atoms with Gasteiger partial charge in [-0.1, -0.05) is 31.3 Å². The van der Waals surface area contributed by atoms with Crippen LogP contribution in [-0.2, 0) is 6.42 Å². The number of nitrogens with one attached hydrogen (secondary N) is 1. The predicted molar refractivity (Wildman–Crippen MR) is 84.1 cm³/mol. The van der Waals surface area contributed by atoms with Crippen LogP contribution in [0.3, 0.4) is 0 Å². The molecule has 1 unspecified atom stereocenters. The zero-order valence-electron chi connectivity index (χ0n) is 12.4. The van der Waals surface area contributed by atoms with Crippen molar-refractivity contribution in [1.82, 2.24) is 10.2 Å². The van der Waals surface area contributed by atoms with E-state index in [1.165, 1.54) is 11.3 Å². The van der Waals surface area contributed by atoms with Crippen molar-refractivity contribution in [3.8, 4) is 5.75 Å². The minimum atomic E-state index is -0.205. The largest absolute Gasteiger partial charge is 0.491 e. The van der Waals surface area contributed by atoms with Crippen LogP contribution >= 0.6 is 11.3 Å². The van der Waals surface area contributed by atoms with Crippen molar-refractivity contribution in [2.24, 2.45) is 0 Å². The van der Waals surface area contributed by atoms with Crippen molar-refractivity contribution in [2.45, 2.75) is 39.7 Å². The third-order valence-corrected chi connectivity index (χ3v) is 3.98. The lowest BCUT2D eigenvalue weighted by Crippen LogP contribution is -2.13. The van der Waals surface area contributed by atoms with Crippen molar-refractivity contribution in [2.75, 3.05) is 5.32 Å². The molecular weight excluding hydrogens is 286 g/mol. The van der Waals surface area contributed by atoms with E-state index in [0.29, 0.717) is 16.4 Å². The monoisotopic (exact) mass is 305 g/mol. The van der Waals surface area contributed by atoms with Gasteiger partial charge in [0, 0.05) is 5.56 Å². The number of aryl methyl sites for hydroxylation is 1. The van der Waals surface area contributed by atoms with Gasteiger partial charge in [0.1, 0.15) is 10.8 Å². The van der Waals surface area contributed by atoms with E-state index in [-0.39, 0.29) is 12.0 Å². The second-order valence-corrected chi connectivity index (χ2v) is 5.74. The maximum Gasteiger partial charge on any atom is 0.257 e. The molecule has 0 fully saturated rings. The van der Waals surface area contributed by atoms with Gasteiger partial charge in [0.25, 0.3) is 5.91 Å². The second kappa shape index (κ2) is 7.17. The van der Waals surface area contributed by atoms with E-state index in [0.717, 1.165) is 17.8 Å². The molecule has 1 heterocycles. The van der Waals surface area contributed by atoms with E-state index in [9.17, 15) is 4.79 Å². The Morgan fingerprint density at radius 2 is 2.19 bits per heavy atom. The van der Waals surface area contributed by atoms with E-state index in [1.54, 1.807) is 12.1 Å². The summed E-state index contributed by atoms with van der Waals surface area (Å²) in [5.41, 5.74) is 0.545. The summed E-state index contributed by atoms with van der Waals surface area (Å²) < 4.78 is 5.72. The average Bonchev–Trinajstić information content (AvgIpc) is 2.95. The van der Waals surface area contributed by atoms with Gasteiger partial charge in [-0.2, -0.15) is 0 Å². The number of carbonyl (C=O) groups is 1. The Labute approximate surface area is 128 Å². The topological polar surface area (TPSA) is 64.1 Å². The van der Waals surface area contributed by atoms with E-state index >= 15 is 0 Å². The molecule has 0 aliphatic rings. The van der Waals surface area contributed by atoms with Crippen LogP contribution in [0.5, 0.6) is 5.75 Å². The first-order chi connectivity index (χ1) is 10.1. The Morgan fingerprint density at radius 3 is 2.86 bits per heavy atom. The van der Waals surface area contributed by atoms with Crippen LogP contribution in [-0.4, -0.2) is 22.2 Å². The van der Waals surface area contributed by atoms with Gasteiger partial charge in [-0.15, -0.1) is 10.2 Å². The zero-order chi connectivity index (χ0) is 15.2. The maximum absolute atomic E-state index is 12.2. The standard InChI is InChI=1S/C15H19N3O2S/c1-4-10(3)20-12-8-6-7-11(9-12)14(19)16-15-18-17-13(5-2)21-15/h6-10H,4-5H2,1-3H3,(H,16,18,19). The first kappa shape index (κ1) is 15.4. The van der Waals surface area contributed by atoms with Gasteiger partial charge in [-0.25, -0.2) is 0 Å². The van der Waals surface area contributed by atoms with Crippen molar-refractivity contribution in [3.63, 3.8) is 0 Å². The van der Waals surface area contributed by atoms with Crippen LogP contribution < -0.4 is 10.1 Å². The summed E-state index contributed by atoms with van der Waals surface area (Å²) in [6, 6.07) is 7.15. The van der Waals surface area contributed by atoms with Gasteiger partial charge in [0.05, 0.1) is 6.10 Å². The SMILES string of the molecule is CCc1nnc(NC(=O)c2cccc(OC(C)CC)c2)s1. The number of rotatable bonds is 6. The number of hydrogen-bond donors (Lipinski definition) is 1. The number of hydrogen-bond acceptors (Lipinski definition) is 5. The molecule has 0 bridgehead atoms. The first-order valence-electron chi connectivity index (χ1n) is 7.02. The molecule has 2 rings (SSSR count). The van der Waals surface area contributed by atoms with Gasteiger partial charge in [-0.3, -0.25) is 10.1 Å². The van der Waals surface area contributed by atoms with Crippen molar-refractivity contribution < 1.29 is 9.53 Å². The smallest absolute Gasteiger partial charge is 0.257 e. The normalized spacial score (nSPS) is 12.0. The molecule has 1 amide bonds. The molecule has 1 N–H and O–H groups in total. The van der Waals surface area contributed by atoms with Crippen LogP contribution in [0.2, 0.25) is 0 Å². The molecule has 5 nitrogen and oxygen atoms in total. The van der Waals surface area contributed by atoms with E-state index in [4.69, 9.17) is 4.74 Å². The highest BCUT2D eigenvalue weighted by atomic mass is 32.1. The molecule has 21 heavy (non-hydrogen) atoms. The molecule has 1 aromatic carbocycles. The molecule has 0 aliphatic heterocycles. The third kappa shape index (κ3) is 4.26. The Bertz CT molecular complexity index is 612. The number of aromatic nitrogens is 2. The minimum Gasteiger partial charge on any atom is -0.491 e. The lowest BCUT2D eigenvalue weighted by atomic mass is 10.2. The Kier molecular flexibility index (Phi) is 5.27. The summed E-state index contributed by atoms with van der Waals surface area (Å²) in [7, 11) is 0. The fourth-order valence-corrected chi connectivity index (χ4v) is 2.32. The fraction of sp³-hybridized carbons (Fsp3) is 0.400. The molecular formula is C15H19N3O2S. The third-order valence-electron chi connectivity index (χ3n) is 3.00. The summed E-state index contributed by atoms with van der Waals surface area (Å²) in [4.78, 5) is 12.2. The Balaban J connectivity index is 2.06. The van der Waals surface area contributed by atoms with Crippen LogP contribution in [0, 0.1) is 0 Å². The van der Waals surface area contributed by atoms with Gasteiger partial charge in [-0.05, 0) is 38.0 Å². The molecule has 0 saturated carbocycles. The maximum atomic E-state index is 12.2. The summed E-state index contributed by atoms with van der Waals surface area (Å²) in [6.07, 6.45) is 1.85. The van der Waals surface area contributed by atoms with Crippen LogP contribution in [0.25, 0.3) is 0 Å². The molecule has 2 aromatic rings. The second-order valence-electron chi connectivity index (χ2n) is 4.67. The fourth-order valence-electron chi connectivity index (χ4n) is 1.64. The first-order valence-corrected chi connectivity index (χ1v) is 7.84. The molecule has 0 aliphatic carbocycles. The number of amides is 1. The van der Waals surface area contributed by atoms with Gasteiger partial charge >= 0.3 is 0 Å². The van der Waals surface area contributed by atoms with Crippen molar-refractivity contribution in [3.05, 3.63) is 34.8 Å². The van der Waals surface area contributed by atoms with E-state index < -0.39 is 0 Å². The average molecular weight is 305 g/mol. The zero-order valence-corrected chi connectivity index (χ0v) is 13.2. The number of nitrogens with zero attached hydrogens (tertiary/aromatic N) is 2. The lowest BCUT2D eigenvalue weighted by Gasteiger charge is -2.13.